The maximum Gasteiger partial charge on any atom is 0.227 e. The molecular formula is C23H29BrFN3O3. The molecule has 1 N–H and O–H groups in total. The zero-order chi connectivity index (χ0) is 21.8. The molecule has 0 spiro atoms. The molecule has 0 aliphatic carbocycles. The van der Waals surface area contributed by atoms with Crippen LogP contribution < -0.4 is 5.43 Å². The number of piperazine rings is 1. The van der Waals surface area contributed by atoms with Gasteiger partial charge in [0.2, 0.25) is 11.2 Å². The Labute approximate surface area is 190 Å². The van der Waals surface area contributed by atoms with E-state index in [9.17, 15) is 14.3 Å². The second kappa shape index (κ2) is 10.3. The Morgan fingerprint density at radius 3 is 2.23 bits per heavy atom. The van der Waals surface area contributed by atoms with Crippen LogP contribution in [0, 0.1) is 5.82 Å². The topological polar surface area (TPSA) is 60.2 Å². The number of piperidine rings is 1. The number of halogens is 2. The van der Waals surface area contributed by atoms with Crippen molar-refractivity contribution in [3.8, 4) is 5.75 Å². The summed E-state index contributed by atoms with van der Waals surface area (Å²) in [6.45, 7) is 6.70. The van der Waals surface area contributed by atoms with E-state index < -0.39 is 0 Å². The predicted molar refractivity (Wildman–Crippen MR) is 120 cm³/mol. The van der Waals surface area contributed by atoms with Crippen molar-refractivity contribution >= 4 is 15.9 Å². The summed E-state index contributed by atoms with van der Waals surface area (Å²) in [4.78, 5) is 18.9. The molecule has 2 aliphatic rings. The lowest BCUT2D eigenvalue weighted by molar-refractivity contribution is 0.111. The zero-order valence-electron chi connectivity index (χ0n) is 17.7. The molecule has 8 heteroatoms. The van der Waals surface area contributed by atoms with Crippen LogP contribution in [0.5, 0.6) is 5.75 Å². The molecule has 31 heavy (non-hydrogen) atoms. The van der Waals surface area contributed by atoms with Crippen LogP contribution in [-0.2, 0) is 19.6 Å². The zero-order valence-corrected chi connectivity index (χ0v) is 19.2. The first-order valence-electron chi connectivity index (χ1n) is 10.9. The van der Waals surface area contributed by atoms with Crippen LogP contribution in [0.1, 0.15) is 36.3 Å². The fourth-order valence-electron chi connectivity index (χ4n) is 4.31. The van der Waals surface area contributed by atoms with Gasteiger partial charge in [-0.05, 0) is 38.1 Å². The predicted octanol–water partition coefficient (Wildman–Crippen LogP) is 3.55. The molecule has 2 saturated heterocycles. The first kappa shape index (κ1) is 22.5. The maximum absolute atomic E-state index is 14.1. The Morgan fingerprint density at radius 1 is 0.903 bits per heavy atom. The molecular weight excluding hydrogens is 465 g/mol. The quantitative estimate of drug-likeness (QED) is 0.663. The van der Waals surface area contributed by atoms with Crippen molar-refractivity contribution in [1.29, 1.82) is 0 Å². The third-order valence-electron chi connectivity index (χ3n) is 6.11. The van der Waals surface area contributed by atoms with Gasteiger partial charge in [-0.2, -0.15) is 0 Å². The summed E-state index contributed by atoms with van der Waals surface area (Å²) in [5, 5.41) is 10.3. The Hall–Kier alpha value is -1.74. The highest BCUT2D eigenvalue weighted by Crippen LogP contribution is 2.21. The summed E-state index contributed by atoms with van der Waals surface area (Å²) in [5.74, 6) is 0.465. The SMILES string of the molecule is O=c1cc(CN2CCCCC2)oc(CN2CCN(Cc3ccc(Br)cc3F)CC2)c1O. The van der Waals surface area contributed by atoms with E-state index in [2.05, 4.69) is 30.6 Å². The van der Waals surface area contributed by atoms with Crippen molar-refractivity contribution < 1.29 is 13.9 Å². The summed E-state index contributed by atoms with van der Waals surface area (Å²) >= 11 is 3.29. The summed E-state index contributed by atoms with van der Waals surface area (Å²) in [6.07, 6.45) is 3.59. The monoisotopic (exact) mass is 493 g/mol. The lowest BCUT2D eigenvalue weighted by Crippen LogP contribution is -2.45. The summed E-state index contributed by atoms with van der Waals surface area (Å²) in [6, 6.07) is 6.58. The van der Waals surface area contributed by atoms with E-state index in [0.29, 0.717) is 36.7 Å². The van der Waals surface area contributed by atoms with Crippen LogP contribution in [0.3, 0.4) is 0 Å². The van der Waals surface area contributed by atoms with E-state index in [-0.39, 0.29) is 17.0 Å². The van der Waals surface area contributed by atoms with E-state index in [1.807, 2.05) is 12.1 Å². The standard InChI is InChI=1S/C23H29BrFN3O3/c24-18-5-4-17(20(25)12-18)14-27-8-10-28(11-9-27)16-22-23(30)21(29)13-19(31-22)15-26-6-2-1-3-7-26/h4-5,12-13,30H,1-3,6-11,14-16H2. The number of aromatic hydroxyl groups is 1. The van der Waals surface area contributed by atoms with Gasteiger partial charge >= 0.3 is 0 Å². The molecule has 2 aliphatic heterocycles. The molecule has 0 saturated carbocycles. The molecule has 2 aromatic rings. The molecule has 2 fully saturated rings. The molecule has 6 nitrogen and oxygen atoms in total. The van der Waals surface area contributed by atoms with E-state index in [1.165, 1.54) is 31.4 Å². The van der Waals surface area contributed by atoms with Crippen LogP contribution in [0.2, 0.25) is 0 Å². The number of likely N-dealkylation sites (tertiary alicyclic amines) is 1. The molecule has 0 amide bonds. The third kappa shape index (κ3) is 5.94. The van der Waals surface area contributed by atoms with Crippen molar-refractivity contribution in [1.82, 2.24) is 14.7 Å². The van der Waals surface area contributed by atoms with Crippen LogP contribution in [-0.4, -0.2) is 59.1 Å². The highest BCUT2D eigenvalue weighted by Gasteiger charge is 2.22. The number of rotatable bonds is 6. The first-order chi connectivity index (χ1) is 15.0. The molecule has 168 valence electrons. The number of nitrogens with zero attached hydrogens (tertiary/aromatic N) is 3. The van der Waals surface area contributed by atoms with Gasteiger partial charge in [-0.1, -0.05) is 28.4 Å². The van der Waals surface area contributed by atoms with Gasteiger partial charge in [-0.3, -0.25) is 19.5 Å². The average Bonchev–Trinajstić information content (AvgIpc) is 2.76. The molecule has 0 unspecified atom stereocenters. The highest BCUT2D eigenvalue weighted by atomic mass is 79.9. The van der Waals surface area contributed by atoms with Crippen LogP contribution in [0.4, 0.5) is 4.39 Å². The summed E-state index contributed by atoms with van der Waals surface area (Å²) < 4.78 is 20.8. The van der Waals surface area contributed by atoms with Crippen molar-refractivity contribution in [2.24, 2.45) is 0 Å². The van der Waals surface area contributed by atoms with Crippen molar-refractivity contribution in [2.45, 2.75) is 38.9 Å². The minimum atomic E-state index is -0.377. The lowest BCUT2D eigenvalue weighted by atomic mass is 10.1. The van der Waals surface area contributed by atoms with Crippen LogP contribution in [0.15, 0.2) is 37.9 Å². The molecule has 0 bridgehead atoms. The van der Waals surface area contributed by atoms with Gasteiger partial charge in [0.25, 0.3) is 0 Å². The largest absolute Gasteiger partial charge is 0.502 e. The number of benzene rings is 1. The van der Waals surface area contributed by atoms with Crippen LogP contribution >= 0.6 is 15.9 Å². The van der Waals surface area contributed by atoms with Crippen molar-refractivity contribution in [2.75, 3.05) is 39.3 Å². The Kier molecular flexibility index (Phi) is 7.43. The minimum absolute atomic E-state index is 0.200. The van der Waals surface area contributed by atoms with Gasteiger partial charge in [0.15, 0.2) is 5.76 Å². The minimum Gasteiger partial charge on any atom is -0.502 e. The Balaban J connectivity index is 1.34. The molecule has 1 aromatic carbocycles. The van der Waals surface area contributed by atoms with Crippen LogP contribution in [0.25, 0.3) is 0 Å². The van der Waals surface area contributed by atoms with E-state index in [4.69, 9.17) is 4.42 Å². The number of hydrogen-bond acceptors (Lipinski definition) is 6. The molecule has 3 heterocycles. The average molecular weight is 494 g/mol. The molecule has 1 aromatic heterocycles. The van der Waals surface area contributed by atoms with E-state index in [1.54, 1.807) is 0 Å². The Morgan fingerprint density at radius 2 is 1.55 bits per heavy atom. The second-order valence-electron chi connectivity index (χ2n) is 8.47. The van der Waals surface area contributed by atoms with E-state index >= 15 is 0 Å². The smallest absolute Gasteiger partial charge is 0.227 e. The van der Waals surface area contributed by atoms with Gasteiger partial charge < -0.3 is 9.52 Å². The van der Waals surface area contributed by atoms with Crippen molar-refractivity contribution in [3.63, 3.8) is 0 Å². The van der Waals surface area contributed by atoms with Crippen molar-refractivity contribution in [3.05, 3.63) is 61.9 Å². The fraction of sp³-hybridized carbons (Fsp3) is 0.522. The van der Waals surface area contributed by atoms with E-state index in [0.717, 1.165) is 43.7 Å². The van der Waals surface area contributed by atoms with Gasteiger partial charge in [-0.25, -0.2) is 4.39 Å². The fourth-order valence-corrected chi connectivity index (χ4v) is 4.64. The maximum atomic E-state index is 14.1. The summed E-state index contributed by atoms with van der Waals surface area (Å²) in [7, 11) is 0. The molecule has 0 atom stereocenters. The molecule has 4 rings (SSSR count). The van der Waals surface area contributed by atoms with Gasteiger partial charge in [0, 0.05) is 48.8 Å². The second-order valence-corrected chi connectivity index (χ2v) is 9.39. The first-order valence-corrected chi connectivity index (χ1v) is 11.7. The lowest BCUT2D eigenvalue weighted by Gasteiger charge is -2.34. The third-order valence-corrected chi connectivity index (χ3v) is 6.61. The van der Waals surface area contributed by atoms with Gasteiger partial charge in [0.05, 0.1) is 13.1 Å². The number of hydrogen-bond donors (Lipinski definition) is 1. The Bertz CT molecular complexity index is 954. The highest BCUT2D eigenvalue weighted by molar-refractivity contribution is 9.10. The normalized spacial score (nSPS) is 19.0. The molecule has 0 radical (unpaired) electrons. The summed E-state index contributed by atoms with van der Waals surface area (Å²) in [5.41, 5.74) is 0.309. The van der Waals surface area contributed by atoms with Gasteiger partial charge in [0.1, 0.15) is 11.6 Å². The van der Waals surface area contributed by atoms with Gasteiger partial charge in [-0.15, -0.1) is 0 Å².